The second-order valence-corrected chi connectivity index (χ2v) is 11.2. The monoisotopic (exact) mass is 497 g/mol. The van der Waals surface area contributed by atoms with Gasteiger partial charge >= 0.3 is 6.09 Å². The first-order valence-corrected chi connectivity index (χ1v) is 13.2. The number of carbonyl (C=O) groups is 1. The van der Waals surface area contributed by atoms with E-state index in [1.54, 1.807) is 13.8 Å². The van der Waals surface area contributed by atoms with Crippen LogP contribution in [-0.4, -0.2) is 23.0 Å². The van der Waals surface area contributed by atoms with Crippen molar-refractivity contribution in [1.82, 2.24) is 4.31 Å². The molecule has 2 rings (SSSR count). The zero-order valence-corrected chi connectivity index (χ0v) is 21.7. The molecular formula is C25H33F2NO3S2. The number of unbranched alkanes of at least 4 members (excludes halogenated alkanes) is 2. The Balaban J connectivity index is 2.09. The lowest BCUT2D eigenvalue weighted by Gasteiger charge is -2.21. The average molecular weight is 498 g/mol. The largest absolute Gasteiger partial charge is 0.485 e. The minimum atomic E-state index is -0.912. The molecule has 0 saturated heterocycles. The quantitative estimate of drug-likeness (QED) is 0.187. The summed E-state index contributed by atoms with van der Waals surface area (Å²) in [6.07, 6.45) is 1.70. The van der Waals surface area contributed by atoms with Gasteiger partial charge in [-0.1, -0.05) is 52.7 Å². The zero-order valence-electron chi connectivity index (χ0n) is 20.1. The first-order valence-electron chi connectivity index (χ1n) is 11.1. The molecule has 0 atom stereocenters. The highest BCUT2D eigenvalue weighted by Crippen LogP contribution is 2.36. The summed E-state index contributed by atoms with van der Waals surface area (Å²) in [7, 11) is 2.68. The molecule has 8 heteroatoms. The van der Waals surface area contributed by atoms with E-state index in [1.165, 1.54) is 31.6 Å². The molecule has 0 saturated carbocycles. The highest BCUT2D eigenvalue weighted by Gasteiger charge is 2.21. The number of carbonyl (C=O) groups excluding carboxylic acids is 1. The van der Waals surface area contributed by atoms with Crippen molar-refractivity contribution in [2.75, 3.05) is 6.54 Å². The predicted octanol–water partition coefficient (Wildman–Crippen LogP) is 8.40. The fourth-order valence-electron chi connectivity index (χ4n) is 2.86. The third kappa shape index (κ3) is 8.74. The first kappa shape index (κ1) is 27.3. The molecule has 0 aromatic heterocycles. The zero-order chi connectivity index (χ0) is 24.6. The van der Waals surface area contributed by atoms with Crippen molar-refractivity contribution in [1.29, 1.82) is 0 Å². The number of halogens is 2. The molecule has 0 fully saturated rings. The summed E-state index contributed by atoms with van der Waals surface area (Å²) in [6.45, 7) is 12.4. The third-order valence-corrected chi connectivity index (χ3v) is 7.03. The van der Waals surface area contributed by atoms with Crippen LogP contribution in [0.4, 0.5) is 13.6 Å². The van der Waals surface area contributed by atoms with Gasteiger partial charge in [-0.25, -0.2) is 17.9 Å². The maximum Gasteiger partial charge on any atom is 0.426 e. The van der Waals surface area contributed by atoms with Gasteiger partial charge in [-0.05, 0) is 54.2 Å². The van der Waals surface area contributed by atoms with Crippen LogP contribution in [0, 0.1) is 11.6 Å². The molecule has 33 heavy (non-hydrogen) atoms. The standard InChI is InChI=1S/C25H33F2NO3S2/c1-7-8-9-14-28(33-32-20-12-10-18(11-13-20)25(4,5)6)24(29)31-19-15-21(26)23(22(27)16-19)30-17(2)3/h10-13,15-17H,7-9,14H2,1-6H3. The Hall–Kier alpha value is -1.93. The molecule has 0 aliphatic heterocycles. The van der Waals surface area contributed by atoms with Gasteiger partial charge in [-0.3, -0.25) is 0 Å². The number of nitrogens with zero attached hydrogens (tertiary/aromatic N) is 1. The molecule has 0 heterocycles. The summed E-state index contributed by atoms with van der Waals surface area (Å²) in [6, 6.07) is 10.1. The molecule has 0 aliphatic rings. The Morgan fingerprint density at radius 2 is 1.67 bits per heavy atom. The maximum absolute atomic E-state index is 14.3. The smallest absolute Gasteiger partial charge is 0.426 e. The van der Waals surface area contributed by atoms with Crippen LogP contribution in [0.15, 0.2) is 41.3 Å². The Morgan fingerprint density at radius 1 is 1.06 bits per heavy atom. The second-order valence-electron chi connectivity index (χ2n) is 8.99. The van der Waals surface area contributed by atoms with Crippen molar-refractivity contribution >= 4 is 27.9 Å². The Morgan fingerprint density at radius 3 is 2.18 bits per heavy atom. The van der Waals surface area contributed by atoms with Crippen LogP contribution in [0.3, 0.4) is 0 Å². The number of ether oxygens (including phenoxy) is 2. The first-order chi connectivity index (χ1) is 15.5. The van der Waals surface area contributed by atoms with Crippen LogP contribution in [0.5, 0.6) is 11.5 Å². The van der Waals surface area contributed by atoms with Gasteiger partial charge in [0.1, 0.15) is 5.75 Å². The third-order valence-electron chi connectivity index (χ3n) is 4.64. The van der Waals surface area contributed by atoms with Crippen molar-refractivity contribution in [3.8, 4) is 11.5 Å². The highest BCUT2D eigenvalue weighted by molar-refractivity contribution is 8.75. The topological polar surface area (TPSA) is 38.8 Å². The molecule has 0 spiro atoms. The van der Waals surface area contributed by atoms with Crippen LogP contribution >= 0.6 is 21.8 Å². The number of hydrogen-bond donors (Lipinski definition) is 0. The Labute approximate surface area is 203 Å². The number of amides is 1. The molecule has 2 aromatic carbocycles. The van der Waals surface area contributed by atoms with E-state index in [9.17, 15) is 13.6 Å². The van der Waals surface area contributed by atoms with Crippen molar-refractivity contribution in [3.05, 3.63) is 53.6 Å². The SMILES string of the molecule is CCCCCN(SSc1ccc(C(C)(C)C)cc1)C(=O)Oc1cc(F)c(OC(C)C)c(F)c1. The fourth-order valence-corrected chi connectivity index (χ4v) is 4.85. The van der Waals surface area contributed by atoms with Crippen molar-refractivity contribution in [3.63, 3.8) is 0 Å². The van der Waals surface area contributed by atoms with Gasteiger partial charge in [-0.15, -0.1) is 0 Å². The Kier molecular flexibility index (Phi) is 10.4. The number of benzene rings is 2. The lowest BCUT2D eigenvalue weighted by Crippen LogP contribution is -2.28. The van der Waals surface area contributed by atoms with E-state index in [0.29, 0.717) is 6.54 Å². The van der Waals surface area contributed by atoms with Crippen molar-refractivity contribution < 1.29 is 23.0 Å². The van der Waals surface area contributed by atoms with E-state index >= 15 is 0 Å². The second kappa shape index (κ2) is 12.5. The normalized spacial score (nSPS) is 11.5. The summed E-state index contributed by atoms with van der Waals surface area (Å²) >= 11 is 0. The average Bonchev–Trinajstić information content (AvgIpc) is 2.72. The van der Waals surface area contributed by atoms with Gasteiger partial charge in [0.05, 0.1) is 6.10 Å². The van der Waals surface area contributed by atoms with Gasteiger partial charge < -0.3 is 9.47 Å². The lowest BCUT2D eigenvalue weighted by atomic mass is 9.87. The van der Waals surface area contributed by atoms with Crippen LogP contribution < -0.4 is 9.47 Å². The minimum absolute atomic E-state index is 0.0621. The number of hydrogen-bond acceptors (Lipinski definition) is 5. The molecule has 4 nitrogen and oxygen atoms in total. The summed E-state index contributed by atoms with van der Waals surface area (Å²) in [4.78, 5) is 13.8. The van der Waals surface area contributed by atoms with Gasteiger partial charge in [-0.2, -0.15) is 0 Å². The molecule has 2 aromatic rings. The van der Waals surface area contributed by atoms with Crippen LogP contribution in [0.2, 0.25) is 0 Å². The molecule has 1 amide bonds. The van der Waals surface area contributed by atoms with E-state index < -0.39 is 23.5 Å². The fraction of sp³-hybridized carbons (Fsp3) is 0.480. The van der Waals surface area contributed by atoms with E-state index in [2.05, 4.69) is 39.8 Å². The molecule has 0 aliphatic carbocycles. The van der Waals surface area contributed by atoms with Gasteiger partial charge in [0.2, 0.25) is 0 Å². The summed E-state index contributed by atoms with van der Waals surface area (Å²) < 4.78 is 40.5. The van der Waals surface area contributed by atoms with Gasteiger partial charge in [0.25, 0.3) is 0 Å². The summed E-state index contributed by atoms with van der Waals surface area (Å²) in [5.74, 6) is -2.50. The van der Waals surface area contributed by atoms with Gasteiger partial charge in [0, 0.05) is 34.6 Å². The Bertz CT molecular complexity index is 892. The van der Waals surface area contributed by atoms with Crippen LogP contribution in [-0.2, 0) is 5.41 Å². The van der Waals surface area contributed by atoms with E-state index in [4.69, 9.17) is 9.47 Å². The van der Waals surface area contributed by atoms with E-state index in [0.717, 1.165) is 36.3 Å². The summed E-state index contributed by atoms with van der Waals surface area (Å²) in [5, 5.41) is 0. The van der Waals surface area contributed by atoms with Crippen molar-refractivity contribution in [2.45, 2.75) is 77.2 Å². The molecule has 0 radical (unpaired) electrons. The van der Waals surface area contributed by atoms with Gasteiger partial charge in [0.15, 0.2) is 17.4 Å². The summed E-state index contributed by atoms with van der Waals surface area (Å²) in [5.41, 5.74) is 1.29. The predicted molar refractivity (Wildman–Crippen MR) is 133 cm³/mol. The molecular weight excluding hydrogens is 464 g/mol. The number of rotatable bonds is 10. The molecule has 0 unspecified atom stereocenters. The minimum Gasteiger partial charge on any atom is -0.485 e. The molecule has 0 N–H and O–H groups in total. The maximum atomic E-state index is 14.3. The van der Waals surface area contributed by atoms with Crippen LogP contribution in [0.1, 0.15) is 66.4 Å². The van der Waals surface area contributed by atoms with Crippen LogP contribution in [0.25, 0.3) is 0 Å². The molecule has 0 bridgehead atoms. The van der Waals surface area contributed by atoms with Crippen molar-refractivity contribution in [2.24, 2.45) is 0 Å². The molecule has 182 valence electrons. The van der Waals surface area contributed by atoms with E-state index in [-0.39, 0.29) is 17.3 Å². The highest BCUT2D eigenvalue weighted by atomic mass is 33.1. The lowest BCUT2D eigenvalue weighted by molar-refractivity contribution is 0.180. The van der Waals surface area contributed by atoms with E-state index in [1.807, 2.05) is 12.1 Å².